The van der Waals surface area contributed by atoms with E-state index < -0.39 is 0 Å². The van der Waals surface area contributed by atoms with Gasteiger partial charge in [-0.1, -0.05) is 12.1 Å². The minimum Gasteiger partial charge on any atom is -0.399 e. The SMILES string of the molecule is Cc1cc(F)cc(C)c1-c1ccc(N)cc1. The van der Waals surface area contributed by atoms with E-state index in [0.717, 1.165) is 27.9 Å². The molecule has 0 aromatic heterocycles. The van der Waals surface area contributed by atoms with Crippen molar-refractivity contribution >= 4 is 5.69 Å². The highest BCUT2D eigenvalue weighted by atomic mass is 19.1. The van der Waals surface area contributed by atoms with Crippen LogP contribution in [-0.4, -0.2) is 0 Å². The fraction of sp³-hybridized carbons (Fsp3) is 0.143. The van der Waals surface area contributed by atoms with Crippen LogP contribution in [0.2, 0.25) is 0 Å². The second-order valence-electron chi connectivity index (χ2n) is 4.04. The largest absolute Gasteiger partial charge is 0.399 e. The normalized spacial score (nSPS) is 10.4. The Morgan fingerprint density at radius 1 is 0.938 bits per heavy atom. The van der Waals surface area contributed by atoms with Crippen molar-refractivity contribution in [1.82, 2.24) is 0 Å². The molecule has 0 amide bonds. The molecule has 0 unspecified atom stereocenters. The Labute approximate surface area is 94.7 Å². The van der Waals surface area contributed by atoms with Gasteiger partial charge in [-0.2, -0.15) is 0 Å². The number of nitrogens with two attached hydrogens (primary N) is 1. The Hall–Kier alpha value is -1.83. The number of nitrogen functional groups attached to an aromatic ring is 1. The Morgan fingerprint density at radius 3 is 1.94 bits per heavy atom. The zero-order valence-corrected chi connectivity index (χ0v) is 9.42. The predicted molar refractivity (Wildman–Crippen MR) is 65.7 cm³/mol. The first-order chi connectivity index (χ1) is 7.58. The molecule has 2 aromatic rings. The van der Waals surface area contributed by atoms with Crippen LogP contribution in [0.4, 0.5) is 10.1 Å². The lowest BCUT2D eigenvalue weighted by Gasteiger charge is -2.10. The molecular weight excluding hydrogens is 201 g/mol. The highest BCUT2D eigenvalue weighted by Gasteiger charge is 2.07. The third kappa shape index (κ3) is 1.91. The Kier molecular flexibility index (Phi) is 2.65. The van der Waals surface area contributed by atoms with E-state index in [1.54, 1.807) is 12.1 Å². The monoisotopic (exact) mass is 215 g/mol. The summed E-state index contributed by atoms with van der Waals surface area (Å²) in [5, 5.41) is 0. The van der Waals surface area contributed by atoms with Crippen LogP contribution in [0.5, 0.6) is 0 Å². The van der Waals surface area contributed by atoms with Crippen molar-refractivity contribution < 1.29 is 4.39 Å². The van der Waals surface area contributed by atoms with E-state index in [9.17, 15) is 4.39 Å². The molecule has 0 aliphatic carbocycles. The molecule has 2 aromatic carbocycles. The van der Waals surface area contributed by atoms with Crippen LogP contribution in [0, 0.1) is 19.7 Å². The van der Waals surface area contributed by atoms with Crippen LogP contribution in [0.3, 0.4) is 0 Å². The number of halogens is 1. The van der Waals surface area contributed by atoms with Crippen molar-refractivity contribution in [2.24, 2.45) is 0 Å². The maximum atomic E-state index is 13.2. The molecule has 0 saturated carbocycles. The molecule has 0 bridgehead atoms. The summed E-state index contributed by atoms with van der Waals surface area (Å²) in [7, 11) is 0. The topological polar surface area (TPSA) is 26.0 Å². The molecule has 82 valence electrons. The number of hydrogen-bond donors (Lipinski definition) is 1. The molecule has 0 saturated heterocycles. The molecule has 0 radical (unpaired) electrons. The molecule has 0 aliphatic rings. The van der Waals surface area contributed by atoms with Gasteiger partial charge in [0.05, 0.1) is 0 Å². The fourth-order valence-electron chi connectivity index (χ4n) is 2.02. The molecule has 2 heteroatoms. The maximum absolute atomic E-state index is 13.2. The highest BCUT2D eigenvalue weighted by molar-refractivity contribution is 5.71. The number of aryl methyl sites for hydroxylation is 2. The van der Waals surface area contributed by atoms with E-state index in [1.165, 1.54) is 0 Å². The molecule has 0 atom stereocenters. The molecule has 1 nitrogen and oxygen atoms in total. The van der Waals surface area contributed by atoms with Crippen molar-refractivity contribution in [2.75, 3.05) is 5.73 Å². The van der Waals surface area contributed by atoms with Crippen LogP contribution in [0.1, 0.15) is 11.1 Å². The lowest BCUT2D eigenvalue weighted by Crippen LogP contribution is -1.91. The van der Waals surface area contributed by atoms with Gasteiger partial charge >= 0.3 is 0 Å². The quantitative estimate of drug-likeness (QED) is 0.721. The van der Waals surface area contributed by atoms with Gasteiger partial charge in [0.2, 0.25) is 0 Å². The fourth-order valence-corrected chi connectivity index (χ4v) is 2.02. The molecule has 16 heavy (non-hydrogen) atoms. The first-order valence-electron chi connectivity index (χ1n) is 5.20. The Balaban J connectivity index is 2.60. The minimum absolute atomic E-state index is 0.186. The van der Waals surface area contributed by atoms with Crippen LogP contribution < -0.4 is 5.73 Å². The molecule has 0 aliphatic heterocycles. The van der Waals surface area contributed by atoms with E-state index in [-0.39, 0.29) is 5.82 Å². The standard InChI is InChI=1S/C14H14FN/c1-9-7-12(15)8-10(2)14(9)11-3-5-13(16)6-4-11/h3-8H,16H2,1-2H3. The number of hydrogen-bond acceptors (Lipinski definition) is 1. The lowest BCUT2D eigenvalue weighted by molar-refractivity contribution is 0.625. The van der Waals surface area contributed by atoms with Crippen molar-refractivity contribution in [3.05, 3.63) is 53.3 Å². The van der Waals surface area contributed by atoms with Crippen LogP contribution in [-0.2, 0) is 0 Å². The van der Waals surface area contributed by atoms with Gasteiger partial charge in [-0.25, -0.2) is 4.39 Å². The van der Waals surface area contributed by atoms with E-state index in [2.05, 4.69) is 0 Å². The van der Waals surface area contributed by atoms with Crippen molar-refractivity contribution in [3.8, 4) is 11.1 Å². The van der Waals surface area contributed by atoms with Crippen molar-refractivity contribution in [3.63, 3.8) is 0 Å². The summed E-state index contributed by atoms with van der Waals surface area (Å²) in [6.07, 6.45) is 0. The predicted octanol–water partition coefficient (Wildman–Crippen LogP) is 3.69. The summed E-state index contributed by atoms with van der Waals surface area (Å²) < 4.78 is 13.2. The summed E-state index contributed by atoms with van der Waals surface area (Å²) in [6.45, 7) is 3.84. The van der Waals surface area contributed by atoms with Crippen LogP contribution in [0.15, 0.2) is 36.4 Å². The zero-order chi connectivity index (χ0) is 11.7. The maximum Gasteiger partial charge on any atom is 0.123 e. The number of rotatable bonds is 1. The number of anilines is 1. The third-order valence-corrected chi connectivity index (χ3v) is 2.70. The van der Waals surface area contributed by atoms with Gasteiger partial charge in [0, 0.05) is 5.69 Å². The van der Waals surface area contributed by atoms with Gasteiger partial charge in [0.15, 0.2) is 0 Å². The molecular formula is C14H14FN. The first-order valence-corrected chi connectivity index (χ1v) is 5.20. The van der Waals surface area contributed by atoms with E-state index in [1.807, 2.05) is 38.1 Å². The summed E-state index contributed by atoms with van der Waals surface area (Å²) in [5.74, 6) is -0.186. The van der Waals surface area contributed by atoms with E-state index in [0.29, 0.717) is 0 Å². The van der Waals surface area contributed by atoms with Gasteiger partial charge in [-0.05, 0) is 60.4 Å². The van der Waals surface area contributed by atoms with Crippen molar-refractivity contribution in [1.29, 1.82) is 0 Å². The molecule has 2 rings (SSSR count). The van der Waals surface area contributed by atoms with Gasteiger partial charge in [-0.15, -0.1) is 0 Å². The summed E-state index contributed by atoms with van der Waals surface area (Å²) in [6, 6.07) is 10.7. The van der Waals surface area contributed by atoms with E-state index in [4.69, 9.17) is 5.73 Å². The molecule has 0 fully saturated rings. The smallest absolute Gasteiger partial charge is 0.123 e. The second kappa shape index (κ2) is 3.97. The van der Waals surface area contributed by atoms with E-state index >= 15 is 0 Å². The summed E-state index contributed by atoms with van der Waals surface area (Å²) in [4.78, 5) is 0. The van der Waals surface area contributed by atoms with Gasteiger partial charge in [0.25, 0.3) is 0 Å². The summed E-state index contributed by atoms with van der Waals surface area (Å²) >= 11 is 0. The average Bonchev–Trinajstić information content (AvgIpc) is 2.19. The van der Waals surface area contributed by atoms with Crippen LogP contribution >= 0.6 is 0 Å². The van der Waals surface area contributed by atoms with Gasteiger partial charge in [0.1, 0.15) is 5.82 Å². The molecule has 0 heterocycles. The number of benzene rings is 2. The Bertz CT molecular complexity index is 492. The first kappa shape index (κ1) is 10.7. The molecule has 0 spiro atoms. The highest BCUT2D eigenvalue weighted by Crippen LogP contribution is 2.28. The van der Waals surface area contributed by atoms with Crippen LogP contribution in [0.25, 0.3) is 11.1 Å². The average molecular weight is 215 g/mol. The lowest BCUT2D eigenvalue weighted by atomic mass is 9.95. The zero-order valence-electron chi connectivity index (χ0n) is 9.42. The Morgan fingerprint density at radius 2 is 1.44 bits per heavy atom. The van der Waals surface area contributed by atoms with Crippen molar-refractivity contribution in [2.45, 2.75) is 13.8 Å². The van der Waals surface area contributed by atoms with Gasteiger partial charge < -0.3 is 5.73 Å². The third-order valence-electron chi connectivity index (χ3n) is 2.70. The van der Waals surface area contributed by atoms with Gasteiger partial charge in [-0.3, -0.25) is 0 Å². The summed E-state index contributed by atoms with van der Waals surface area (Å²) in [5.41, 5.74) is 10.4. The molecule has 2 N–H and O–H groups in total. The second-order valence-corrected chi connectivity index (χ2v) is 4.04. The minimum atomic E-state index is -0.186.